The average molecular weight is 754 g/mol. The van der Waals surface area contributed by atoms with Gasteiger partial charge in [0, 0.05) is 38.1 Å². The van der Waals surface area contributed by atoms with Crippen LogP contribution in [0.3, 0.4) is 0 Å². The molecule has 3 amide bonds. The Morgan fingerprint density at radius 1 is 0.833 bits per heavy atom. The van der Waals surface area contributed by atoms with Gasteiger partial charge in [-0.15, -0.1) is 0 Å². The molecule has 3 unspecified atom stereocenters. The van der Waals surface area contributed by atoms with Crippen LogP contribution in [0, 0.1) is 5.92 Å². The third-order valence-corrected chi connectivity index (χ3v) is 7.99. The molecule has 0 saturated heterocycles. The van der Waals surface area contributed by atoms with E-state index in [2.05, 4.69) is 5.32 Å². The monoisotopic (exact) mass is 753 g/mol. The van der Waals surface area contributed by atoms with Gasteiger partial charge in [0.15, 0.2) is 17.6 Å². The van der Waals surface area contributed by atoms with Crippen molar-refractivity contribution in [3.8, 4) is 17.2 Å². The highest BCUT2D eigenvalue weighted by Gasteiger charge is 2.45. The van der Waals surface area contributed by atoms with E-state index in [0.717, 1.165) is 42.7 Å². The standard InChI is InChI=1S/C38H38F3N3O10/c1-21(2)33-37(51)43(20-32(48)42-28(35(49)38(39,40)41)16-25-12-8-6-9-13-25)29(19-44(33)36(50)26-14-10-7-11-15-26)27-17-30(52-22(3)45)34(54-24(5)47)31(18-27)53-23(4)46/h6-15,17-19,21,28,33,35,49H,16,20H2,1-5H3,(H,42,48). The summed E-state index contributed by atoms with van der Waals surface area (Å²) in [6.45, 7) is 5.47. The Labute approximate surface area is 308 Å². The number of nitrogens with one attached hydrogen (secondary N) is 1. The minimum Gasteiger partial charge on any atom is -0.423 e. The maximum atomic E-state index is 14.5. The molecule has 4 rings (SSSR count). The van der Waals surface area contributed by atoms with Crippen molar-refractivity contribution in [3.05, 3.63) is 95.7 Å². The van der Waals surface area contributed by atoms with Gasteiger partial charge < -0.3 is 29.5 Å². The Bertz CT molecular complexity index is 1900. The number of rotatable bonds is 12. The van der Waals surface area contributed by atoms with Crippen molar-refractivity contribution >= 4 is 41.3 Å². The van der Waals surface area contributed by atoms with Gasteiger partial charge in [-0.3, -0.25) is 33.7 Å². The van der Waals surface area contributed by atoms with Crippen LogP contribution < -0.4 is 19.5 Å². The first-order chi connectivity index (χ1) is 25.4. The minimum atomic E-state index is -5.12. The number of aliphatic hydroxyl groups excluding tert-OH is 1. The van der Waals surface area contributed by atoms with Crippen molar-refractivity contribution in [1.29, 1.82) is 0 Å². The number of amides is 3. The molecular formula is C38H38F3N3O10. The topological polar surface area (TPSA) is 169 Å². The second kappa shape index (κ2) is 17.2. The molecule has 0 spiro atoms. The summed E-state index contributed by atoms with van der Waals surface area (Å²) >= 11 is 0. The van der Waals surface area contributed by atoms with Crippen LogP contribution in [0.1, 0.15) is 56.1 Å². The molecule has 3 atom stereocenters. The Morgan fingerprint density at radius 3 is 1.83 bits per heavy atom. The Kier molecular flexibility index (Phi) is 13.0. The summed E-state index contributed by atoms with van der Waals surface area (Å²) in [6.07, 6.45) is -7.30. The number of aliphatic hydroxyl groups is 1. The molecule has 3 aromatic rings. The number of ether oxygens (including phenoxy) is 3. The van der Waals surface area contributed by atoms with Gasteiger partial charge in [-0.2, -0.15) is 13.2 Å². The van der Waals surface area contributed by atoms with Gasteiger partial charge in [-0.05, 0) is 42.2 Å². The number of benzene rings is 3. The predicted molar refractivity (Wildman–Crippen MR) is 185 cm³/mol. The van der Waals surface area contributed by atoms with Crippen LogP contribution >= 0.6 is 0 Å². The van der Waals surface area contributed by atoms with Crippen LogP contribution in [0.4, 0.5) is 13.2 Å². The summed E-state index contributed by atoms with van der Waals surface area (Å²) in [4.78, 5) is 80.5. The van der Waals surface area contributed by atoms with Gasteiger partial charge in [0.1, 0.15) is 12.6 Å². The van der Waals surface area contributed by atoms with E-state index in [1.165, 1.54) is 30.5 Å². The molecule has 0 fully saturated rings. The Hall–Kier alpha value is -6.03. The van der Waals surface area contributed by atoms with E-state index in [1.807, 2.05) is 0 Å². The largest absolute Gasteiger partial charge is 0.423 e. The van der Waals surface area contributed by atoms with Crippen molar-refractivity contribution < 1.29 is 61.3 Å². The maximum absolute atomic E-state index is 14.5. The zero-order valence-electron chi connectivity index (χ0n) is 29.9. The minimum absolute atomic E-state index is 0.108. The summed E-state index contributed by atoms with van der Waals surface area (Å²) in [6, 6.07) is 14.9. The molecule has 0 aromatic heterocycles. The maximum Gasteiger partial charge on any atom is 0.416 e. The number of nitrogens with zero attached hydrogens (tertiary/aromatic N) is 2. The lowest BCUT2D eigenvalue weighted by Crippen LogP contribution is -2.58. The van der Waals surface area contributed by atoms with Gasteiger partial charge in [-0.1, -0.05) is 62.4 Å². The molecular weight excluding hydrogens is 715 g/mol. The number of esters is 3. The quantitative estimate of drug-likeness (QED) is 0.200. The molecule has 2 N–H and O–H groups in total. The molecule has 0 saturated carbocycles. The molecule has 0 aliphatic carbocycles. The van der Waals surface area contributed by atoms with Gasteiger partial charge in [0.2, 0.25) is 11.7 Å². The number of hydrogen-bond donors (Lipinski definition) is 2. The number of carbonyl (C=O) groups is 6. The summed E-state index contributed by atoms with van der Waals surface area (Å²) < 4.78 is 57.2. The third-order valence-electron chi connectivity index (χ3n) is 7.99. The van der Waals surface area contributed by atoms with Crippen molar-refractivity contribution in [2.75, 3.05) is 6.54 Å². The first-order valence-corrected chi connectivity index (χ1v) is 16.6. The molecule has 13 nitrogen and oxygen atoms in total. The highest BCUT2D eigenvalue weighted by Crippen LogP contribution is 2.43. The first-order valence-electron chi connectivity index (χ1n) is 16.6. The van der Waals surface area contributed by atoms with Gasteiger partial charge in [0.05, 0.1) is 11.7 Å². The number of carbonyl (C=O) groups excluding carboxylic acids is 6. The van der Waals surface area contributed by atoms with Crippen molar-refractivity contribution in [2.24, 2.45) is 5.92 Å². The van der Waals surface area contributed by atoms with E-state index in [1.54, 1.807) is 50.2 Å². The normalized spacial score (nSPS) is 15.6. The molecule has 3 aromatic carbocycles. The molecule has 1 heterocycles. The van der Waals surface area contributed by atoms with E-state index in [-0.39, 0.29) is 16.8 Å². The fraction of sp³-hybridized carbons (Fsp3) is 0.316. The lowest BCUT2D eigenvalue weighted by Gasteiger charge is -2.41. The van der Waals surface area contributed by atoms with Crippen LogP contribution in [0.2, 0.25) is 0 Å². The van der Waals surface area contributed by atoms with E-state index in [4.69, 9.17) is 14.2 Å². The van der Waals surface area contributed by atoms with Crippen molar-refractivity contribution in [2.45, 2.75) is 65.4 Å². The van der Waals surface area contributed by atoms with Crippen molar-refractivity contribution in [1.82, 2.24) is 15.1 Å². The highest BCUT2D eigenvalue weighted by molar-refractivity contribution is 6.04. The average Bonchev–Trinajstić information content (AvgIpc) is 3.08. The Balaban J connectivity index is 1.90. The fourth-order valence-electron chi connectivity index (χ4n) is 5.76. The lowest BCUT2D eigenvalue weighted by molar-refractivity contribution is -0.212. The number of halogens is 3. The first kappa shape index (κ1) is 40.7. The van der Waals surface area contributed by atoms with Crippen LogP contribution in [0.25, 0.3) is 5.70 Å². The predicted octanol–water partition coefficient (Wildman–Crippen LogP) is 4.42. The van der Waals surface area contributed by atoms with Crippen LogP contribution in [-0.4, -0.2) is 81.4 Å². The van der Waals surface area contributed by atoms with E-state index in [0.29, 0.717) is 5.56 Å². The fourth-order valence-corrected chi connectivity index (χ4v) is 5.76. The van der Waals surface area contributed by atoms with Crippen molar-refractivity contribution in [3.63, 3.8) is 0 Å². The molecule has 1 aliphatic heterocycles. The molecule has 0 bridgehead atoms. The lowest BCUT2D eigenvalue weighted by atomic mass is 9.95. The second-order valence-electron chi connectivity index (χ2n) is 12.6. The summed E-state index contributed by atoms with van der Waals surface area (Å²) in [7, 11) is 0. The molecule has 1 aliphatic rings. The van der Waals surface area contributed by atoms with E-state index in [9.17, 15) is 47.0 Å². The van der Waals surface area contributed by atoms with Crippen LogP contribution in [-0.2, 0) is 30.4 Å². The van der Waals surface area contributed by atoms with Gasteiger partial charge in [0.25, 0.3) is 11.8 Å². The van der Waals surface area contributed by atoms with Crippen LogP contribution in [0.15, 0.2) is 79.0 Å². The van der Waals surface area contributed by atoms with Gasteiger partial charge in [-0.25, -0.2) is 0 Å². The van der Waals surface area contributed by atoms with Crippen LogP contribution in [0.5, 0.6) is 17.2 Å². The molecule has 286 valence electrons. The smallest absolute Gasteiger partial charge is 0.416 e. The SMILES string of the molecule is CC(=O)Oc1cc(C2=CN(C(=O)c3ccccc3)C(C(C)C)C(=O)N2CC(=O)NC(Cc2ccccc2)C(O)C(F)(F)F)cc(OC(C)=O)c1OC(C)=O. The van der Waals surface area contributed by atoms with E-state index >= 15 is 0 Å². The zero-order valence-corrected chi connectivity index (χ0v) is 29.9. The summed E-state index contributed by atoms with van der Waals surface area (Å²) in [5, 5.41) is 12.5. The zero-order chi connectivity index (χ0) is 39.9. The number of alkyl halides is 3. The summed E-state index contributed by atoms with van der Waals surface area (Å²) in [5.41, 5.74) is 0.237. The number of hydrogen-bond acceptors (Lipinski definition) is 10. The Morgan fingerprint density at radius 2 is 1.35 bits per heavy atom. The van der Waals surface area contributed by atoms with Gasteiger partial charge >= 0.3 is 24.1 Å². The van der Waals surface area contributed by atoms with E-state index < -0.39 is 96.1 Å². The molecule has 0 radical (unpaired) electrons. The molecule has 16 heteroatoms. The highest BCUT2D eigenvalue weighted by atomic mass is 19.4. The molecule has 54 heavy (non-hydrogen) atoms. The summed E-state index contributed by atoms with van der Waals surface area (Å²) in [5.74, 6) is -7.21. The third kappa shape index (κ3) is 10.1. The second-order valence-corrected chi connectivity index (χ2v) is 12.6.